The van der Waals surface area contributed by atoms with Gasteiger partial charge >= 0.3 is 0 Å². The van der Waals surface area contributed by atoms with Crippen LogP contribution in [0.15, 0.2) is 17.4 Å². The molecule has 1 aromatic heterocycles. The van der Waals surface area contributed by atoms with Gasteiger partial charge < -0.3 is 15.8 Å². The van der Waals surface area contributed by atoms with Gasteiger partial charge in [-0.1, -0.05) is 12.1 Å². The molecule has 0 aliphatic heterocycles. The average Bonchev–Trinajstić information content (AvgIpc) is 2.36. The van der Waals surface area contributed by atoms with Gasteiger partial charge in [0.2, 0.25) is 5.95 Å². The molecular formula is C10H17N5O. The van der Waals surface area contributed by atoms with Gasteiger partial charge in [-0.05, 0) is 19.4 Å². The maximum absolute atomic E-state index is 8.56. The number of oxime groups is 1. The lowest BCUT2D eigenvalue weighted by Crippen LogP contribution is -2.30. The summed E-state index contributed by atoms with van der Waals surface area (Å²) >= 11 is 0. The molecule has 1 aromatic rings. The number of amidine groups is 1. The molecule has 16 heavy (non-hydrogen) atoms. The van der Waals surface area contributed by atoms with Gasteiger partial charge in [-0.2, -0.15) is 0 Å². The summed E-state index contributed by atoms with van der Waals surface area (Å²) in [4.78, 5) is 10.3. The fraction of sp³-hybridized carbons (Fsp3) is 0.500. The van der Waals surface area contributed by atoms with Crippen LogP contribution in [-0.4, -0.2) is 34.1 Å². The van der Waals surface area contributed by atoms with Crippen LogP contribution in [0.5, 0.6) is 0 Å². The highest BCUT2D eigenvalue weighted by Gasteiger charge is 2.12. The second kappa shape index (κ2) is 5.29. The number of aromatic nitrogens is 2. The summed E-state index contributed by atoms with van der Waals surface area (Å²) in [6.07, 6.45) is 2.59. The van der Waals surface area contributed by atoms with E-state index in [1.54, 1.807) is 12.3 Å². The molecule has 1 rings (SSSR count). The van der Waals surface area contributed by atoms with Crippen molar-refractivity contribution in [2.45, 2.75) is 26.3 Å². The largest absolute Gasteiger partial charge is 0.409 e. The number of hydrogen-bond acceptors (Lipinski definition) is 5. The molecule has 0 saturated carbocycles. The van der Waals surface area contributed by atoms with Crippen molar-refractivity contribution in [1.82, 2.24) is 9.97 Å². The van der Waals surface area contributed by atoms with E-state index >= 15 is 0 Å². The summed E-state index contributed by atoms with van der Waals surface area (Å²) in [5.41, 5.74) is 5.88. The zero-order chi connectivity index (χ0) is 12.1. The van der Waals surface area contributed by atoms with Gasteiger partial charge in [0, 0.05) is 19.3 Å². The lowest BCUT2D eigenvalue weighted by molar-refractivity contribution is 0.318. The van der Waals surface area contributed by atoms with Gasteiger partial charge in [0.15, 0.2) is 5.84 Å². The maximum atomic E-state index is 8.56. The van der Waals surface area contributed by atoms with Gasteiger partial charge in [0.25, 0.3) is 0 Å². The normalized spacial score (nSPS) is 13.6. The van der Waals surface area contributed by atoms with Gasteiger partial charge in [-0.25, -0.2) is 9.97 Å². The summed E-state index contributed by atoms with van der Waals surface area (Å²) in [6, 6.07) is 1.94. The fourth-order valence-corrected chi connectivity index (χ4v) is 1.18. The van der Waals surface area contributed by atoms with Crippen molar-refractivity contribution < 1.29 is 5.21 Å². The first-order valence-corrected chi connectivity index (χ1v) is 5.14. The van der Waals surface area contributed by atoms with E-state index in [2.05, 4.69) is 29.0 Å². The Balaban J connectivity index is 2.98. The minimum absolute atomic E-state index is 0.0128. The van der Waals surface area contributed by atoms with Gasteiger partial charge in [0.05, 0.1) is 0 Å². The van der Waals surface area contributed by atoms with Crippen LogP contribution in [0.4, 0.5) is 5.95 Å². The van der Waals surface area contributed by atoms with Crippen LogP contribution in [0.3, 0.4) is 0 Å². The second-order valence-corrected chi connectivity index (χ2v) is 3.60. The van der Waals surface area contributed by atoms with Crippen LogP contribution in [0.2, 0.25) is 0 Å². The lowest BCUT2D eigenvalue weighted by atomic mass is 10.2. The van der Waals surface area contributed by atoms with E-state index in [4.69, 9.17) is 10.9 Å². The molecule has 6 nitrogen and oxygen atoms in total. The van der Waals surface area contributed by atoms with Crippen molar-refractivity contribution in [3.8, 4) is 0 Å². The van der Waals surface area contributed by atoms with Crippen LogP contribution in [0.1, 0.15) is 26.0 Å². The number of rotatable bonds is 4. The number of nitrogens with zero attached hydrogens (tertiary/aromatic N) is 4. The predicted molar refractivity (Wildman–Crippen MR) is 62.7 cm³/mol. The first kappa shape index (κ1) is 12.2. The molecule has 6 heteroatoms. The third-order valence-corrected chi connectivity index (χ3v) is 2.58. The molecule has 0 aliphatic rings. The van der Waals surface area contributed by atoms with Crippen LogP contribution in [0, 0.1) is 0 Å². The van der Waals surface area contributed by atoms with E-state index in [0.29, 0.717) is 17.7 Å². The molecule has 0 fully saturated rings. The Morgan fingerprint density at radius 1 is 1.69 bits per heavy atom. The van der Waals surface area contributed by atoms with Crippen LogP contribution in [0.25, 0.3) is 0 Å². The third kappa shape index (κ3) is 2.59. The highest BCUT2D eigenvalue weighted by Crippen LogP contribution is 2.10. The van der Waals surface area contributed by atoms with E-state index in [1.807, 2.05) is 11.9 Å². The smallest absolute Gasteiger partial charge is 0.225 e. The number of anilines is 1. The van der Waals surface area contributed by atoms with E-state index in [9.17, 15) is 0 Å². The zero-order valence-corrected chi connectivity index (χ0v) is 9.75. The van der Waals surface area contributed by atoms with Crippen molar-refractivity contribution in [1.29, 1.82) is 0 Å². The van der Waals surface area contributed by atoms with Crippen molar-refractivity contribution in [2.75, 3.05) is 11.9 Å². The zero-order valence-electron chi connectivity index (χ0n) is 9.75. The molecule has 1 heterocycles. The summed E-state index contributed by atoms with van der Waals surface area (Å²) in [5, 5.41) is 11.5. The molecule has 0 saturated heterocycles. The molecule has 1 atom stereocenters. The van der Waals surface area contributed by atoms with Crippen molar-refractivity contribution in [2.24, 2.45) is 10.9 Å². The predicted octanol–water partition coefficient (Wildman–Crippen LogP) is 0.806. The minimum atomic E-state index is -0.0128. The minimum Gasteiger partial charge on any atom is -0.409 e. The Morgan fingerprint density at radius 2 is 2.38 bits per heavy atom. The average molecular weight is 223 g/mol. The first-order chi connectivity index (χ1) is 7.60. The Morgan fingerprint density at radius 3 is 2.94 bits per heavy atom. The maximum Gasteiger partial charge on any atom is 0.225 e. The molecule has 0 aliphatic carbocycles. The highest BCUT2D eigenvalue weighted by molar-refractivity contribution is 5.95. The monoisotopic (exact) mass is 223 g/mol. The third-order valence-electron chi connectivity index (χ3n) is 2.58. The van der Waals surface area contributed by atoms with Crippen molar-refractivity contribution in [3.63, 3.8) is 0 Å². The molecule has 0 aromatic carbocycles. The van der Waals surface area contributed by atoms with Crippen molar-refractivity contribution >= 4 is 11.8 Å². The van der Waals surface area contributed by atoms with Crippen molar-refractivity contribution in [3.05, 3.63) is 18.0 Å². The highest BCUT2D eigenvalue weighted by atomic mass is 16.4. The van der Waals surface area contributed by atoms with Crippen LogP contribution in [-0.2, 0) is 0 Å². The van der Waals surface area contributed by atoms with E-state index < -0.39 is 0 Å². The quantitative estimate of drug-likeness (QED) is 0.341. The fourth-order valence-electron chi connectivity index (χ4n) is 1.18. The summed E-state index contributed by atoms with van der Waals surface area (Å²) in [7, 11) is 1.92. The summed E-state index contributed by atoms with van der Waals surface area (Å²) < 4.78 is 0. The second-order valence-electron chi connectivity index (χ2n) is 3.60. The number of nitrogens with two attached hydrogens (primary N) is 1. The van der Waals surface area contributed by atoms with E-state index in [-0.39, 0.29) is 5.84 Å². The summed E-state index contributed by atoms with van der Waals surface area (Å²) in [5.74, 6) is 0.555. The Bertz CT molecular complexity index is 379. The molecule has 0 amide bonds. The van der Waals surface area contributed by atoms with Gasteiger partial charge in [-0.15, -0.1) is 0 Å². The molecule has 88 valence electrons. The van der Waals surface area contributed by atoms with Gasteiger partial charge in [-0.3, -0.25) is 0 Å². The standard InChI is InChI=1S/C10H17N5O/c1-4-7(2)15(3)10-12-6-5-8(13-10)9(11)14-16/h5-7,16H,4H2,1-3H3,(H2,11,14). The molecule has 0 radical (unpaired) electrons. The topological polar surface area (TPSA) is 87.6 Å². The van der Waals surface area contributed by atoms with Gasteiger partial charge in [0.1, 0.15) is 5.69 Å². The SMILES string of the molecule is CCC(C)N(C)c1nccc(/C(N)=N/O)n1. The number of hydrogen-bond donors (Lipinski definition) is 2. The Kier molecular flexibility index (Phi) is 4.04. The summed E-state index contributed by atoms with van der Waals surface area (Å²) in [6.45, 7) is 4.17. The van der Waals surface area contributed by atoms with Crippen LogP contribution < -0.4 is 10.6 Å². The van der Waals surface area contributed by atoms with E-state index in [1.165, 1.54) is 0 Å². The lowest BCUT2D eigenvalue weighted by Gasteiger charge is -2.23. The molecule has 3 N–H and O–H groups in total. The Labute approximate surface area is 94.8 Å². The Hall–Kier alpha value is -1.85. The first-order valence-electron chi connectivity index (χ1n) is 5.14. The van der Waals surface area contributed by atoms with Crippen LogP contribution >= 0.6 is 0 Å². The molecular weight excluding hydrogens is 206 g/mol. The molecule has 0 bridgehead atoms. The van der Waals surface area contributed by atoms with E-state index in [0.717, 1.165) is 6.42 Å². The molecule has 1 unspecified atom stereocenters. The molecule has 0 spiro atoms.